The number of rotatable bonds is 8. The second-order valence-corrected chi connectivity index (χ2v) is 7.01. The number of halogens is 1. The molecule has 0 aliphatic carbocycles. The third-order valence-electron chi connectivity index (χ3n) is 5.12. The highest BCUT2D eigenvalue weighted by Gasteiger charge is 2.19. The maximum Gasteiger partial charge on any atom is 0.251 e. The molecule has 2 rings (SSSR count). The van der Waals surface area contributed by atoms with Gasteiger partial charge in [-0.1, -0.05) is 25.5 Å². The van der Waals surface area contributed by atoms with Gasteiger partial charge in [0.25, 0.3) is 5.91 Å². The van der Waals surface area contributed by atoms with E-state index in [0.717, 1.165) is 30.7 Å². The monoisotopic (exact) mass is 501 g/mol. The van der Waals surface area contributed by atoms with Crippen molar-refractivity contribution < 1.29 is 4.79 Å². The summed E-state index contributed by atoms with van der Waals surface area (Å²) >= 11 is 0. The van der Waals surface area contributed by atoms with Crippen LogP contribution in [0.15, 0.2) is 29.3 Å². The second kappa shape index (κ2) is 13.8. The number of benzene rings is 1. The van der Waals surface area contributed by atoms with E-state index in [4.69, 9.17) is 0 Å². The SMILES string of the molecule is CCNC(=O)c1cccc(CNC(=NC)NCCN2CCCCC2CC)c1.I. The number of guanidine groups is 1. The lowest BCUT2D eigenvalue weighted by atomic mass is 10.0. The second-order valence-electron chi connectivity index (χ2n) is 7.01. The zero-order valence-electron chi connectivity index (χ0n) is 17.5. The van der Waals surface area contributed by atoms with E-state index in [1.807, 2.05) is 31.2 Å². The van der Waals surface area contributed by atoms with Crippen LogP contribution >= 0.6 is 24.0 Å². The zero-order valence-corrected chi connectivity index (χ0v) is 19.8. The minimum Gasteiger partial charge on any atom is -0.355 e. The first-order valence-corrected chi connectivity index (χ1v) is 10.2. The fourth-order valence-corrected chi connectivity index (χ4v) is 3.63. The topological polar surface area (TPSA) is 68.8 Å². The Kier molecular flexibility index (Phi) is 12.1. The summed E-state index contributed by atoms with van der Waals surface area (Å²) in [5.41, 5.74) is 1.75. The number of aliphatic imine (C=N–C) groups is 1. The van der Waals surface area contributed by atoms with Crippen LogP contribution in [0.2, 0.25) is 0 Å². The van der Waals surface area contributed by atoms with Crippen molar-refractivity contribution in [1.29, 1.82) is 0 Å². The van der Waals surface area contributed by atoms with Gasteiger partial charge < -0.3 is 16.0 Å². The molecule has 0 saturated carbocycles. The van der Waals surface area contributed by atoms with Crippen LogP contribution < -0.4 is 16.0 Å². The van der Waals surface area contributed by atoms with E-state index in [0.29, 0.717) is 18.7 Å². The largest absolute Gasteiger partial charge is 0.355 e. The Morgan fingerprint density at radius 2 is 2.04 bits per heavy atom. The summed E-state index contributed by atoms with van der Waals surface area (Å²) in [5, 5.41) is 9.58. The summed E-state index contributed by atoms with van der Waals surface area (Å²) in [7, 11) is 1.79. The Hall–Kier alpha value is -1.35. The van der Waals surface area contributed by atoms with E-state index in [2.05, 4.69) is 32.8 Å². The smallest absolute Gasteiger partial charge is 0.251 e. The predicted molar refractivity (Wildman–Crippen MR) is 128 cm³/mol. The molecule has 0 spiro atoms. The van der Waals surface area contributed by atoms with Gasteiger partial charge in [0.1, 0.15) is 0 Å². The Morgan fingerprint density at radius 1 is 1.21 bits per heavy atom. The molecule has 7 heteroatoms. The average Bonchev–Trinajstić information content (AvgIpc) is 2.71. The lowest BCUT2D eigenvalue weighted by Gasteiger charge is -2.35. The van der Waals surface area contributed by atoms with Crippen LogP contribution in [0.1, 0.15) is 55.5 Å². The van der Waals surface area contributed by atoms with Gasteiger partial charge in [-0.15, -0.1) is 24.0 Å². The minimum atomic E-state index is -0.0335. The molecule has 0 aromatic heterocycles. The third kappa shape index (κ3) is 7.95. The van der Waals surface area contributed by atoms with Crippen molar-refractivity contribution in [3.8, 4) is 0 Å². The number of carbonyl (C=O) groups is 1. The number of likely N-dealkylation sites (tertiary alicyclic amines) is 1. The van der Waals surface area contributed by atoms with Crippen molar-refractivity contribution in [2.24, 2.45) is 4.99 Å². The Labute approximate surface area is 187 Å². The molecule has 1 aliphatic heterocycles. The molecule has 0 radical (unpaired) electrons. The van der Waals surface area contributed by atoms with Gasteiger partial charge in [0.05, 0.1) is 0 Å². The standard InChI is InChI=1S/C21H35N5O.HI/c1-4-19-11-6-7-13-26(19)14-12-24-21(22-3)25-16-17-9-8-10-18(15-17)20(27)23-5-2;/h8-10,15,19H,4-7,11-14,16H2,1-3H3,(H,23,27)(H2,22,24,25);1H. The van der Waals surface area contributed by atoms with Crippen molar-refractivity contribution >= 4 is 35.8 Å². The van der Waals surface area contributed by atoms with E-state index in [1.54, 1.807) is 7.05 Å². The summed E-state index contributed by atoms with van der Waals surface area (Å²) in [6.45, 7) is 8.61. The zero-order chi connectivity index (χ0) is 19.5. The van der Waals surface area contributed by atoms with Crippen LogP contribution in [-0.4, -0.2) is 56.0 Å². The number of hydrogen-bond acceptors (Lipinski definition) is 3. The van der Waals surface area contributed by atoms with Crippen LogP contribution in [0.5, 0.6) is 0 Å². The molecule has 3 N–H and O–H groups in total. The molecule has 1 unspecified atom stereocenters. The molecule has 158 valence electrons. The first kappa shape index (κ1) is 24.7. The molecule has 1 saturated heterocycles. The van der Waals surface area contributed by atoms with Gasteiger partial charge in [-0.25, -0.2) is 0 Å². The molecule has 28 heavy (non-hydrogen) atoms. The van der Waals surface area contributed by atoms with E-state index in [-0.39, 0.29) is 29.9 Å². The first-order valence-electron chi connectivity index (χ1n) is 10.2. The predicted octanol–water partition coefficient (Wildman–Crippen LogP) is 2.98. The highest BCUT2D eigenvalue weighted by Crippen LogP contribution is 2.18. The van der Waals surface area contributed by atoms with Crippen molar-refractivity contribution in [3.63, 3.8) is 0 Å². The molecular formula is C21H36IN5O. The summed E-state index contributed by atoms with van der Waals surface area (Å²) in [6, 6.07) is 8.42. The highest BCUT2D eigenvalue weighted by atomic mass is 127. The lowest BCUT2D eigenvalue weighted by Crippen LogP contribution is -2.45. The van der Waals surface area contributed by atoms with Crippen LogP contribution in [0.4, 0.5) is 0 Å². The molecule has 1 heterocycles. The average molecular weight is 501 g/mol. The van der Waals surface area contributed by atoms with Gasteiger partial charge in [0.2, 0.25) is 0 Å². The van der Waals surface area contributed by atoms with E-state index >= 15 is 0 Å². The van der Waals surface area contributed by atoms with E-state index in [1.165, 1.54) is 32.2 Å². The number of nitrogens with zero attached hydrogens (tertiary/aromatic N) is 2. The lowest BCUT2D eigenvalue weighted by molar-refractivity contribution is 0.0955. The molecule has 1 aromatic carbocycles. The Balaban J connectivity index is 0.00000392. The van der Waals surface area contributed by atoms with Crippen LogP contribution in [0.3, 0.4) is 0 Å². The first-order chi connectivity index (χ1) is 13.2. The molecular weight excluding hydrogens is 465 g/mol. The van der Waals surface area contributed by atoms with Crippen molar-refractivity contribution in [2.75, 3.05) is 33.2 Å². The maximum absolute atomic E-state index is 12.0. The summed E-state index contributed by atoms with van der Waals surface area (Å²) in [5.74, 6) is 0.761. The van der Waals surface area contributed by atoms with E-state index in [9.17, 15) is 4.79 Å². The van der Waals surface area contributed by atoms with Crippen LogP contribution in [-0.2, 0) is 6.54 Å². The third-order valence-corrected chi connectivity index (χ3v) is 5.12. The molecule has 1 atom stereocenters. The number of carbonyl (C=O) groups excluding carboxylic acids is 1. The van der Waals surface area contributed by atoms with Crippen molar-refractivity contribution in [2.45, 2.75) is 52.1 Å². The molecule has 0 bridgehead atoms. The van der Waals surface area contributed by atoms with Gasteiger partial charge in [-0.3, -0.25) is 14.7 Å². The molecule has 6 nitrogen and oxygen atoms in total. The summed E-state index contributed by atoms with van der Waals surface area (Å²) < 4.78 is 0. The highest BCUT2D eigenvalue weighted by molar-refractivity contribution is 14.0. The van der Waals surface area contributed by atoms with Crippen molar-refractivity contribution in [3.05, 3.63) is 35.4 Å². The van der Waals surface area contributed by atoms with Crippen molar-refractivity contribution in [1.82, 2.24) is 20.9 Å². The van der Waals surface area contributed by atoms with Crippen LogP contribution in [0, 0.1) is 0 Å². The van der Waals surface area contributed by atoms with Gasteiger partial charge in [-0.2, -0.15) is 0 Å². The Bertz CT molecular complexity index is 623. The Morgan fingerprint density at radius 3 is 2.75 bits per heavy atom. The fourth-order valence-electron chi connectivity index (χ4n) is 3.63. The minimum absolute atomic E-state index is 0. The molecule has 1 aromatic rings. The number of nitrogens with one attached hydrogen (secondary N) is 3. The number of amides is 1. The molecule has 1 aliphatic rings. The van der Waals surface area contributed by atoms with Gasteiger partial charge in [0.15, 0.2) is 5.96 Å². The van der Waals surface area contributed by atoms with E-state index < -0.39 is 0 Å². The maximum atomic E-state index is 12.0. The van der Waals surface area contributed by atoms with Gasteiger partial charge >= 0.3 is 0 Å². The fraction of sp³-hybridized carbons (Fsp3) is 0.619. The van der Waals surface area contributed by atoms with Crippen LogP contribution in [0.25, 0.3) is 0 Å². The normalized spacial score (nSPS) is 17.5. The quantitative estimate of drug-likeness (QED) is 0.291. The molecule has 1 amide bonds. The molecule has 1 fully saturated rings. The van der Waals surface area contributed by atoms with Gasteiger partial charge in [-0.05, 0) is 50.4 Å². The summed E-state index contributed by atoms with van der Waals surface area (Å²) in [4.78, 5) is 18.9. The number of hydrogen-bond donors (Lipinski definition) is 3. The van der Waals surface area contributed by atoms with Gasteiger partial charge in [0, 0.05) is 44.8 Å². The summed E-state index contributed by atoms with van der Waals surface area (Å²) in [6.07, 6.45) is 5.23. The number of piperidine rings is 1.